The molecule has 0 atom stereocenters. The lowest BCUT2D eigenvalue weighted by Gasteiger charge is -2.11. The zero-order chi connectivity index (χ0) is 22.8. The van der Waals surface area contributed by atoms with Crippen molar-refractivity contribution in [2.45, 2.75) is 43.1 Å². The molecular weight excluding hydrogens is 439 g/mol. The van der Waals surface area contributed by atoms with E-state index in [4.69, 9.17) is 5.73 Å². The quantitative estimate of drug-likeness (QED) is 0.360. The van der Waals surface area contributed by atoms with Crippen LogP contribution in [0.25, 0.3) is 11.4 Å². The summed E-state index contributed by atoms with van der Waals surface area (Å²) in [6.07, 6.45) is 2.93. The van der Waals surface area contributed by atoms with E-state index in [2.05, 4.69) is 43.5 Å². The van der Waals surface area contributed by atoms with E-state index in [1.807, 2.05) is 22.8 Å². The van der Waals surface area contributed by atoms with Crippen molar-refractivity contribution in [2.75, 3.05) is 11.1 Å². The Morgan fingerprint density at radius 2 is 1.85 bits per heavy atom. The van der Waals surface area contributed by atoms with Crippen LogP contribution >= 0.6 is 11.8 Å². The Kier molecular flexibility index (Phi) is 5.91. The predicted molar refractivity (Wildman–Crippen MR) is 127 cm³/mol. The molecule has 2 aromatic heterocycles. The van der Waals surface area contributed by atoms with Crippen molar-refractivity contribution in [1.82, 2.24) is 29.7 Å². The van der Waals surface area contributed by atoms with Crippen LogP contribution in [0.4, 0.5) is 22.0 Å². The van der Waals surface area contributed by atoms with Crippen LogP contribution in [0, 0.1) is 5.82 Å². The third-order valence-corrected chi connectivity index (χ3v) is 6.30. The molecule has 3 N–H and O–H groups in total. The molecule has 0 aliphatic heterocycles. The monoisotopic (exact) mass is 462 g/mol. The first-order valence-electron chi connectivity index (χ1n) is 10.8. The van der Waals surface area contributed by atoms with Gasteiger partial charge in [-0.2, -0.15) is 15.0 Å². The number of halogens is 1. The van der Waals surface area contributed by atoms with Crippen molar-refractivity contribution in [3.63, 3.8) is 0 Å². The van der Waals surface area contributed by atoms with Crippen molar-refractivity contribution in [2.24, 2.45) is 0 Å². The van der Waals surface area contributed by atoms with E-state index in [-0.39, 0.29) is 17.8 Å². The number of nitrogens with two attached hydrogens (primary N) is 1. The summed E-state index contributed by atoms with van der Waals surface area (Å²) in [4.78, 5) is 13.0. The van der Waals surface area contributed by atoms with Crippen molar-refractivity contribution in [3.8, 4) is 11.4 Å². The van der Waals surface area contributed by atoms with E-state index in [1.54, 1.807) is 18.2 Å². The Balaban J connectivity index is 1.37. The Morgan fingerprint density at radius 3 is 2.64 bits per heavy atom. The van der Waals surface area contributed by atoms with Gasteiger partial charge in [0.05, 0.1) is 11.3 Å². The summed E-state index contributed by atoms with van der Waals surface area (Å²) >= 11 is 1.45. The zero-order valence-corrected chi connectivity index (χ0v) is 18.9. The Hall–Kier alpha value is -3.53. The number of nitrogens with zero attached hydrogens (tertiary/aromatic N) is 6. The summed E-state index contributed by atoms with van der Waals surface area (Å²) in [5, 5.41) is 12.6. The maximum atomic E-state index is 14.4. The van der Waals surface area contributed by atoms with Gasteiger partial charge in [0.25, 0.3) is 0 Å². The van der Waals surface area contributed by atoms with Gasteiger partial charge in [0.15, 0.2) is 11.0 Å². The molecule has 2 aromatic carbocycles. The lowest BCUT2D eigenvalue weighted by atomic mass is 10.1. The van der Waals surface area contributed by atoms with Gasteiger partial charge in [-0.1, -0.05) is 49.0 Å². The van der Waals surface area contributed by atoms with Crippen LogP contribution in [-0.2, 0) is 12.2 Å². The number of para-hydroxylation sites is 1. The van der Waals surface area contributed by atoms with Crippen LogP contribution in [0.2, 0.25) is 0 Å². The minimum Gasteiger partial charge on any atom is -0.368 e. The van der Waals surface area contributed by atoms with E-state index < -0.39 is 0 Å². The summed E-state index contributed by atoms with van der Waals surface area (Å²) in [5.41, 5.74) is 8.50. The van der Waals surface area contributed by atoms with E-state index in [1.165, 1.54) is 17.8 Å². The number of aromatic nitrogens is 6. The number of nitrogen functional groups attached to an aromatic ring is 1. The average Bonchev–Trinajstić information content (AvgIpc) is 3.57. The van der Waals surface area contributed by atoms with Gasteiger partial charge in [0.1, 0.15) is 11.6 Å². The van der Waals surface area contributed by atoms with Crippen LogP contribution in [0.3, 0.4) is 0 Å². The van der Waals surface area contributed by atoms with Gasteiger partial charge in [0, 0.05) is 11.7 Å². The van der Waals surface area contributed by atoms with Gasteiger partial charge in [-0.25, -0.2) is 4.39 Å². The topological polar surface area (TPSA) is 107 Å². The third kappa shape index (κ3) is 4.65. The van der Waals surface area contributed by atoms with E-state index in [0.29, 0.717) is 34.1 Å². The minimum atomic E-state index is -0.309. The van der Waals surface area contributed by atoms with Gasteiger partial charge < -0.3 is 11.1 Å². The number of nitrogens with one attached hydrogen (secondary N) is 1. The molecule has 8 nitrogen and oxygen atoms in total. The second kappa shape index (κ2) is 9.14. The maximum Gasteiger partial charge on any atom is 0.232 e. The molecular formula is C23H23FN8S. The Labute approximate surface area is 194 Å². The van der Waals surface area contributed by atoms with Crippen LogP contribution in [0.1, 0.15) is 37.2 Å². The summed E-state index contributed by atoms with van der Waals surface area (Å²) in [7, 11) is 0. The Morgan fingerprint density at radius 1 is 1.06 bits per heavy atom. The smallest absolute Gasteiger partial charge is 0.232 e. The van der Waals surface area contributed by atoms with Crippen LogP contribution in [0.15, 0.2) is 53.7 Å². The standard InChI is InChI=1S/C23H23FN8S/c1-2-14-7-3-6-10-18(14)26-22-28-19(27-21(25)29-22)13-33-23-31-30-20(32(23)15-11-12-15)16-8-4-5-9-17(16)24/h3-10,15H,2,11-13H2,1H3,(H3,25,26,27,28,29). The number of anilines is 3. The third-order valence-electron chi connectivity index (χ3n) is 5.37. The highest BCUT2D eigenvalue weighted by Gasteiger charge is 2.31. The van der Waals surface area contributed by atoms with Gasteiger partial charge in [0.2, 0.25) is 11.9 Å². The van der Waals surface area contributed by atoms with Gasteiger partial charge >= 0.3 is 0 Å². The molecule has 4 aromatic rings. The summed E-state index contributed by atoms with van der Waals surface area (Å²) < 4.78 is 16.4. The summed E-state index contributed by atoms with van der Waals surface area (Å²) in [5.74, 6) is 1.74. The molecule has 0 saturated heterocycles. The summed E-state index contributed by atoms with van der Waals surface area (Å²) in [6, 6.07) is 14.9. The van der Waals surface area contributed by atoms with E-state index in [9.17, 15) is 4.39 Å². The number of rotatable bonds is 8. The normalized spacial score (nSPS) is 13.3. The van der Waals surface area contributed by atoms with Gasteiger partial charge in [-0.3, -0.25) is 4.57 Å². The minimum absolute atomic E-state index is 0.146. The highest BCUT2D eigenvalue weighted by Crippen LogP contribution is 2.41. The molecule has 1 fully saturated rings. The molecule has 0 amide bonds. The molecule has 2 heterocycles. The molecule has 1 aliphatic carbocycles. The van der Waals surface area contributed by atoms with E-state index in [0.717, 1.165) is 30.5 Å². The fourth-order valence-corrected chi connectivity index (χ4v) is 4.48. The first kappa shape index (κ1) is 21.3. The predicted octanol–water partition coefficient (Wildman–Crippen LogP) is 4.78. The average molecular weight is 463 g/mol. The maximum absolute atomic E-state index is 14.4. The lowest BCUT2D eigenvalue weighted by Crippen LogP contribution is -2.08. The molecule has 1 saturated carbocycles. The molecule has 1 aliphatic rings. The molecule has 5 rings (SSSR count). The van der Waals surface area contributed by atoms with Gasteiger partial charge in [-0.15, -0.1) is 10.2 Å². The second-order valence-electron chi connectivity index (χ2n) is 7.75. The lowest BCUT2D eigenvalue weighted by molar-refractivity contribution is 0.622. The molecule has 0 unspecified atom stereocenters. The first-order chi connectivity index (χ1) is 16.1. The summed E-state index contributed by atoms with van der Waals surface area (Å²) in [6.45, 7) is 2.09. The van der Waals surface area contributed by atoms with Crippen LogP contribution < -0.4 is 11.1 Å². The van der Waals surface area contributed by atoms with Crippen molar-refractivity contribution in [1.29, 1.82) is 0 Å². The second-order valence-corrected chi connectivity index (χ2v) is 8.69. The molecule has 33 heavy (non-hydrogen) atoms. The zero-order valence-electron chi connectivity index (χ0n) is 18.1. The fourth-order valence-electron chi connectivity index (χ4n) is 3.62. The van der Waals surface area contributed by atoms with Crippen molar-refractivity contribution >= 4 is 29.3 Å². The van der Waals surface area contributed by atoms with Crippen LogP contribution in [-0.4, -0.2) is 29.7 Å². The molecule has 10 heteroatoms. The molecule has 0 spiro atoms. The molecule has 0 radical (unpaired) electrons. The SMILES string of the molecule is CCc1ccccc1Nc1nc(N)nc(CSc2nnc(-c3ccccc3F)n2C2CC2)n1. The van der Waals surface area contributed by atoms with Gasteiger partial charge in [-0.05, 0) is 43.0 Å². The first-order valence-corrected chi connectivity index (χ1v) is 11.8. The van der Waals surface area contributed by atoms with Crippen LogP contribution in [0.5, 0.6) is 0 Å². The molecule has 0 bridgehead atoms. The number of thioether (sulfide) groups is 1. The number of aryl methyl sites for hydroxylation is 1. The highest BCUT2D eigenvalue weighted by molar-refractivity contribution is 7.98. The van der Waals surface area contributed by atoms with Crippen molar-refractivity contribution in [3.05, 3.63) is 65.7 Å². The van der Waals surface area contributed by atoms with Crippen molar-refractivity contribution < 1.29 is 4.39 Å². The Bertz CT molecular complexity index is 1290. The number of hydrogen-bond donors (Lipinski definition) is 2. The highest BCUT2D eigenvalue weighted by atomic mass is 32.2. The largest absolute Gasteiger partial charge is 0.368 e. The van der Waals surface area contributed by atoms with E-state index >= 15 is 0 Å². The molecule has 168 valence electrons. The fraction of sp³-hybridized carbons (Fsp3) is 0.261. The number of hydrogen-bond acceptors (Lipinski definition) is 8. The number of benzene rings is 2.